The van der Waals surface area contributed by atoms with Crippen LogP contribution in [0.15, 0.2) is 53.5 Å². The molecule has 2 fully saturated rings. The van der Waals surface area contributed by atoms with Crippen molar-refractivity contribution in [2.24, 2.45) is 5.73 Å². The molecule has 0 radical (unpaired) electrons. The molecule has 2 aliphatic rings. The number of amides is 2. The first-order chi connectivity index (χ1) is 20.8. The van der Waals surface area contributed by atoms with Crippen molar-refractivity contribution in [3.8, 4) is 11.4 Å². The number of cyclic esters (lactones) is 1. The Kier molecular flexibility index (Phi) is 12.0. The van der Waals surface area contributed by atoms with Crippen LogP contribution in [0.3, 0.4) is 0 Å². The van der Waals surface area contributed by atoms with Gasteiger partial charge >= 0.3 is 6.09 Å². The third-order valence-corrected chi connectivity index (χ3v) is 8.41. The highest BCUT2D eigenvalue weighted by Crippen LogP contribution is 2.27. The first-order valence-electron chi connectivity index (χ1n) is 14.7. The van der Waals surface area contributed by atoms with Gasteiger partial charge in [0.15, 0.2) is 5.75 Å². The van der Waals surface area contributed by atoms with Crippen LogP contribution in [0.4, 0.5) is 10.5 Å². The number of aliphatic hydroxyl groups excluding tert-OH is 1. The quantitative estimate of drug-likeness (QED) is 0.290. The lowest BCUT2D eigenvalue weighted by Crippen LogP contribution is -2.34. The number of nitrogens with zero attached hydrogens (tertiary/aromatic N) is 2. The fourth-order valence-electron chi connectivity index (χ4n) is 5.04. The molecule has 10 nitrogen and oxygen atoms in total. The summed E-state index contributed by atoms with van der Waals surface area (Å²) in [6.07, 6.45) is 8.18. The fourth-order valence-corrected chi connectivity index (χ4v) is 6.00. The summed E-state index contributed by atoms with van der Waals surface area (Å²) in [7, 11) is 0. The van der Waals surface area contributed by atoms with E-state index < -0.39 is 12.2 Å². The maximum absolute atomic E-state index is 13.0. The molecule has 1 atom stereocenters. The molecular formula is C31H39ClN4O6S. The van der Waals surface area contributed by atoms with Crippen LogP contribution in [0.5, 0.6) is 5.75 Å². The normalized spacial score (nSPS) is 16.8. The first-order valence-corrected chi connectivity index (χ1v) is 15.9. The summed E-state index contributed by atoms with van der Waals surface area (Å²) < 4.78 is 13.0. The molecule has 1 aliphatic carbocycles. The number of hydrogen-bond acceptors (Lipinski definition) is 8. The number of aliphatic hydroxyl groups is 1. The van der Waals surface area contributed by atoms with Gasteiger partial charge in [0, 0.05) is 18.4 Å². The number of carbonyl (C=O) groups excluding carboxylic acids is 2. The minimum atomic E-state index is -0.495. The molecule has 0 spiro atoms. The Morgan fingerprint density at radius 2 is 1.98 bits per heavy atom. The zero-order valence-electron chi connectivity index (χ0n) is 24.3. The van der Waals surface area contributed by atoms with Gasteiger partial charge in [0.1, 0.15) is 12.7 Å². The topological polar surface area (TPSA) is 136 Å². The van der Waals surface area contributed by atoms with Gasteiger partial charge in [-0.1, -0.05) is 44.2 Å². The molecule has 5 rings (SSSR count). The summed E-state index contributed by atoms with van der Waals surface area (Å²) in [5.74, 6) is -0.0357. The second kappa shape index (κ2) is 15.9. The van der Waals surface area contributed by atoms with Crippen molar-refractivity contribution < 1.29 is 24.2 Å². The second-order valence-electron chi connectivity index (χ2n) is 10.5. The van der Waals surface area contributed by atoms with E-state index in [0.717, 1.165) is 30.5 Å². The van der Waals surface area contributed by atoms with Crippen molar-refractivity contribution >= 4 is 40.6 Å². The Bertz CT molecular complexity index is 1440. The number of aromatic nitrogens is 1. The first kappa shape index (κ1) is 32.5. The number of anilines is 1. The minimum Gasteiger partial charge on any atom is -0.487 e. The molecule has 2 aromatic heterocycles. The predicted molar refractivity (Wildman–Crippen MR) is 169 cm³/mol. The van der Waals surface area contributed by atoms with Crippen LogP contribution in [-0.4, -0.2) is 60.1 Å². The Balaban J connectivity index is 0.000000530. The molecule has 2 amide bonds. The van der Waals surface area contributed by atoms with E-state index in [0.29, 0.717) is 27.9 Å². The van der Waals surface area contributed by atoms with E-state index in [1.54, 1.807) is 36.5 Å². The highest BCUT2D eigenvalue weighted by molar-refractivity contribution is 7.18. The van der Waals surface area contributed by atoms with Crippen molar-refractivity contribution in [2.45, 2.75) is 64.1 Å². The molecule has 1 unspecified atom stereocenters. The van der Waals surface area contributed by atoms with Gasteiger partial charge in [0.05, 0.1) is 34.1 Å². The minimum absolute atomic E-state index is 0.0359. The number of carbonyl (C=O) groups is 2. The number of aryl methyl sites for hydroxylation is 1. The van der Waals surface area contributed by atoms with Gasteiger partial charge in [0.25, 0.3) is 11.5 Å². The van der Waals surface area contributed by atoms with Gasteiger partial charge in [-0.2, -0.15) is 0 Å². The van der Waals surface area contributed by atoms with E-state index in [9.17, 15) is 14.4 Å². The Hall–Kier alpha value is -3.38. The highest BCUT2D eigenvalue weighted by atomic mass is 35.5. The number of nitrogens with one attached hydrogen (secondary N) is 1. The van der Waals surface area contributed by atoms with E-state index in [2.05, 4.69) is 5.32 Å². The molecule has 3 heterocycles. The number of rotatable bonds is 10. The molecule has 1 aromatic carbocycles. The maximum Gasteiger partial charge on any atom is 0.414 e. The SMILES string of the molecule is CCCc1cc(N2CC(CNC(=O)c3ccc(Cl)s3)OC2=O)ccc1-n1cccc(OCCN)c1=O.OC1CCCCC1. The number of nitrogens with two attached hydrogens (primary N) is 1. The lowest BCUT2D eigenvalue weighted by molar-refractivity contribution is 0.0920. The number of benzene rings is 1. The third kappa shape index (κ3) is 8.82. The van der Waals surface area contributed by atoms with E-state index in [1.807, 2.05) is 19.1 Å². The van der Waals surface area contributed by atoms with Crippen LogP contribution >= 0.6 is 22.9 Å². The van der Waals surface area contributed by atoms with Crippen molar-refractivity contribution in [2.75, 3.05) is 31.1 Å². The molecule has 0 bridgehead atoms. The fraction of sp³-hybridized carbons (Fsp3) is 0.452. The summed E-state index contributed by atoms with van der Waals surface area (Å²) in [6.45, 7) is 3.07. The van der Waals surface area contributed by atoms with E-state index >= 15 is 0 Å². The molecule has 4 N–H and O–H groups in total. The van der Waals surface area contributed by atoms with Crippen molar-refractivity contribution in [3.63, 3.8) is 0 Å². The third-order valence-electron chi connectivity index (χ3n) is 7.18. The summed E-state index contributed by atoms with van der Waals surface area (Å²) in [5.41, 5.74) is 7.51. The van der Waals surface area contributed by atoms with E-state index in [1.165, 1.54) is 40.1 Å². The van der Waals surface area contributed by atoms with Crippen molar-refractivity contribution in [3.05, 3.63) is 73.8 Å². The lowest BCUT2D eigenvalue weighted by Gasteiger charge is -2.18. The van der Waals surface area contributed by atoms with Gasteiger partial charge in [-0.3, -0.25) is 19.1 Å². The molecule has 43 heavy (non-hydrogen) atoms. The molecule has 3 aromatic rings. The van der Waals surface area contributed by atoms with Crippen LogP contribution in [-0.2, 0) is 11.2 Å². The van der Waals surface area contributed by atoms with Gasteiger partial charge in [-0.15, -0.1) is 11.3 Å². The molecule has 12 heteroatoms. The zero-order valence-corrected chi connectivity index (χ0v) is 25.9. The van der Waals surface area contributed by atoms with Crippen molar-refractivity contribution in [1.29, 1.82) is 0 Å². The van der Waals surface area contributed by atoms with Gasteiger partial charge in [-0.05, 0) is 67.3 Å². The van der Waals surface area contributed by atoms with Gasteiger partial charge < -0.3 is 25.6 Å². The van der Waals surface area contributed by atoms with E-state index in [-0.39, 0.29) is 43.0 Å². The van der Waals surface area contributed by atoms with Crippen LogP contribution in [0, 0.1) is 0 Å². The summed E-state index contributed by atoms with van der Waals surface area (Å²) in [5, 5.41) is 11.7. The number of thiophene rings is 1. The molecule has 1 saturated carbocycles. The zero-order chi connectivity index (χ0) is 30.8. The average molecular weight is 631 g/mol. The number of ether oxygens (including phenoxy) is 2. The van der Waals surface area contributed by atoms with Crippen LogP contribution in [0.1, 0.15) is 60.7 Å². The smallest absolute Gasteiger partial charge is 0.414 e. The Labute approximate surface area is 260 Å². The van der Waals surface area contributed by atoms with Gasteiger partial charge in [-0.25, -0.2) is 4.79 Å². The molecule has 232 valence electrons. The molecule has 1 aliphatic heterocycles. The second-order valence-corrected chi connectivity index (χ2v) is 12.2. The maximum atomic E-state index is 13.0. The summed E-state index contributed by atoms with van der Waals surface area (Å²) >= 11 is 7.08. The average Bonchev–Trinajstić information content (AvgIpc) is 3.61. The Morgan fingerprint density at radius 1 is 1.19 bits per heavy atom. The largest absolute Gasteiger partial charge is 0.487 e. The summed E-state index contributed by atoms with van der Waals surface area (Å²) in [4.78, 5) is 39.9. The van der Waals surface area contributed by atoms with Crippen molar-refractivity contribution in [1.82, 2.24) is 9.88 Å². The predicted octanol–water partition coefficient (Wildman–Crippen LogP) is 4.91. The number of halogens is 1. The van der Waals surface area contributed by atoms with Gasteiger partial charge in [0.2, 0.25) is 0 Å². The van der Waals surface area contributed by atoms with Crippen LogP contribution in [0.25, 0.3) is 5.69 Å². The number of pyridine rings is 1. The monoisotopic (exact) mass is 630 g/mol. The van der Waals surface area contributed by atoms with E-state index in [4.69, 9.17) is 31.9 Å². The lowest BCUT2D eigenvalue weighted by atomic mass is 9.98. The summed E-state index contributed by atoms with van der Waals surface area (Å²) in [6, 6.07) is 12.2. The van der Waals surface area contributed by atoms with Crippen LogP contribution in [0.2, 0.25) is 4.34 Å². The Morgan fingerprint density at radius 3 is 2.63 bits per heavy atom. The number of hydrogen-bond donors (Lipinski definition) is 3. The standard InChI is InChI=1S/C25H27ClN4O5S.C6H12O/c1-2-4-16-13-17(6-7-19(16)29-11-3-5-20(24(29)32)34-12-10-27)30-15-18(35-25(30)33)14-28-23(31)21-8-9-22(26)36-21;7-6-4-2-1-3-5-6/h3,5-9,11,13,18H,2,4,10,12,14-15,27H2,1H3,(H,28,31);6-7H,1-5H2. The molecule has 1 saturated heterocycles. The highest BCUT2D eigenvalue weighted by Gasteiger charge is 2.33. The van der Waals surface area contributed by atoms with Crippen LogP contribution < -0.4 is 26.2 Å². The molecular weight excluding hydrogens is 592 g/mol.